The molecule has 0 radical (unpaired) electrons. The molecule has 0 aliphatic rings. The van der Waals surface area contributed by atoms with Crippen LogP contribution < -0.4 is 10.6 Å². The molecular weight excluding hydrogens is 268 g/mol. The number of aromatic amines is 1. The summed E-state index contributed by atoms with van der Waals surface area (Å²) in [6.07, 6.45) is 5.18. The Hall–Kier alpha value is -1.62. The van der Waals surface area contributed by atoms with Gasteiger partial charge in [-0.3, -0.25) is 4.99 Å². The number of H-pyrrole nitrogens is 1. The summed E-state index contributed by atoms with van der Waals surface area (Å²) < 4.78 is 0. The minimum Gasteiger partial charge on any atom is -0.361 e. The zero-order chi connectivity index (χ0) is 14.2. The fourth-order valence-corrected chi connectivity index (χ4v) is 2.45. The summed E-state index contributed by atoms with van der Waals surface area (Å²) in [4.78, 5) is 7.52. The Morgan fingerprint density at radius 3 is 2.85 bits per heavy atom. The van der Waals surface area contributed by atoms with Crippen LogP contribution in [0.15, 0.2) is 35.5 Å². The monoisotopic (exact) mass is 290 g/mol. The average Bonchev–Trinajstić information content (AvgIpc) is 2.89. The first-order valence-corrected chi connectivity index (χ1v) is 8.23. The van der Waals surface area contributed by atoms with E-state index in [0.717, 1.165) is 31.2 Å². The number of nitrogens with one attached hydrogen (secondary N) is 3. The number of para-hydroxylation sites is 1. The van der Waals surface area contributed by atoms with Crippen molar-refractivity contribution in [2.75, 3.05) is 32.1 Å². The number of thioether (sulfide) groups is 1. The lowest BCUT2D eigenvalue weighted by molar-refractivity contribution is 0.814. The van der Waals surface area contributed by atoms with E-state index in [1.165, 1.54) is 16.5 Å². The summed E-state index contributed by atoms with van der Waals surface area (Å²) in [7, 11) is 1.81. The number of hydrogen-bond acceptors (Lipinski definition) is 2. The fourth-order valence-electron chi connectivity index (χ4n) is 2.15. The van der Waals surface area contributed by atoms with E-state index in [9.17, 15) is 0 Å². The highest BCUT2D eigenvalue weighted by molar-refractivity contribution is 7.98. The van der Waals surface area contributed by atoms with E-state index in [2.05, 4.69) is 57.3 Å². The van der Waals surface area contributed by atoms with E-state index in [0.29, 0.717) is 0 Å². The number of hydrogen-bond donors (Lipinski definition) is 3. The molecule has 1 aromatic carbocycles. The molecule has 1 heterocycles. The second-order valence-corrected chi connectivity index (χ2v) is 5.51. The van der Waals surface area contributed by atoms with Gasteiger partial charge in [0.25, 0.3) is 0 Å². The SMILES string of the molecule is CN=C(NCCSC)NCCc1c[nH]c2ccccc12. The van der Waals surface area contributed by atoms with E-state index in [-0.39, 0.29) is 0 Å². The predicted molar refractivity (Wildman–Crippen MR) is 89.7 cm³/mol. The molecule has 3 N–H and O–H groups in total. The summed E-state index contributed by atoms with van der Waals surface area (Å²) >= 11 is 1.83. The lowest BCUT2D eigenvalue weighted by Crippen LogP contribution is -2.39. The Morgan fingerprint density at radius 2 is 2.05 bits per heavy atom. The van der Waals surface area contributed by atoms with Crippen LogP contribution in [-0.2, 0) is 6.42 Å². The molecule has 0 bridgehead atoms. The third-order valence-electron chi connectivity index (χ3n) is 3.18. The average molecular weight is 290 g/mol. The molecule has 0 unspecified atom stereocenters. The molecule has 108 valence electrons. The van der Waals surface area contributed by atoms with Gasteiger partial charge in [0.2, 0.25) is 0 Å². The van der Waals surface area contributed by atoms with E-state index < -0.39 is 0 Å². The first-order chi connectivity index (χ1) is 9.85. The molecule has 1 aromatic heterocycles. The van der Waals surface area contributed by atoms with Gasteiger partial charge < -0.3 is 15.6 Å². The molecule has 2 aromatic rings. The van der Waals surface area contributed by atoms with Crippen LogP contribution in [0.2, 0.25) is 0 Å². The molecule has 0 spiro atoms. The van der Waals surface area contributed by atoms with Gasteiger partial charge in [-0.05, 0) is 24.3 Å². The molecule has 20 heavy (non-hydrogen) atoms. The highest BCUT2D eigenvalue weighted by Crippen LogP contribution is 2.17. The summed E-state index contributed by atoms with van der Waals surface area (Å²) in [5.74, 6) is 1.96. The van der Waals surface area contributed by atoms with Gasteiger partial charge in [0.1, 0.15) is 0 Å². The molecule has 5 heteroatoms. The number of nitrogens with zero attached hydrogens (tertiary/aromatic N) is 1. The number of aromatic nitrogens is 1. The van der Waals surface area contributed by atoms with Gasteiger partial charge in [0, 0.05) is 43.0 Å². The summed E-state index contributed by atoms with van der Waals surface area (Å²) in [5, 5.41) is 7.95. The van der Waals surface area contributed by atoms with Crippen LogP contribution >= 0.6 is 11.8 Å². The number of aliphatic imine (C=N–C) groups is 1. The molecule has 0 amide bonds. The Balaban J connectivity index is 1.83. The lowest BCUT2D eigenvalue weighted by atomic mass is 10.1. The second-order valence-electron chi connectivity index (χ2n) is 4.53. The maximum absolute atomic E-state index is 4.22. The Kier molecular flexibility index (Phi) is 5.80. The Labute approximate surface area is 124 Å². The summed E-state index contributed by atoms with van der Waals surface area (Å²) in [6, 6.07) is 8.40. The minimum atomic E-state index is 0.874. The Bertz CT molecular complexity index is 562. The molecule has 4 nitrogen and oxygen atoms in total. The van der Waals surface area contributed by atoms with Crippen molar-refractivity contribution in [3.63, 3.8) is 0 Å². The number of fused-ring (bicyclic) bond motifs is 1. The number of rotatable bonds is 6. The molecule has 0 aliphatic heterocycles. The zero-order valence-corrected chi connectivity index (χ0v) is 12.9. The predicted octanol–water partition coefficient (Wildman–Crippen LogP) is 2.24. The van der Waals surface area contributed by atoms with Crippen LogP contribution in [-0.4, -0.2) is 43.1 Å². The summed E-state index contributed by atoms with van der Waals surface area (Å²) in [6.45, 7) is 1.81. The molecule has 0 aliphatic carbocycles. The largest absolute Gasteiger partial charge is 0.361 e. The van der Waals surface area contributed by atoms with Gasteiger partial charge in [0.15, 0.2) is 5.96 Å². The standard InChI is InChI=1S/C15H22N4S/c1-16-15(18-9-10-20-2)17-8-7-12-11-19-14-6-4-3-5-13(12)14/h3-6,11,19H,7-10H2,1-2H3,(H2,16,17,18). The first kappa shape index (κ1) is 14.8. The van der Waals surface area contributed by atoms with Gasteiger partial charge >= 0.3 is 0 Å². The molecule has 0 saturated heterocycles. The maximum atomic E-state index is 4.22. The van der Waals surface area contributed by atoms with Crippen LogP contribution in [0.1, 0.15) is 5.56 Å². The second kappa shape index (κ2) is 7.85. The van der Waals surface area contributed by atoms with Gasteiger partial charge in [-0.25, -0.2) is 0 Å². The maximum Gasteiger partial charge on any atom is 0.191 e. The van der Waals surface area contributed by atoms with Crippen molar-refractivity contribution in [3.05, 3.63) is 36.0 Å². The minimum absolute atomic E-state index is 0.874. The van der Waals surface area contributed by atoms with E-state index in [4.69, 9.17) is 0 Å². The van der Waals surface area contributed by atoms with E-state index in [1.807, 2.05) is 11.8 Å². The quantitative estimate of drug-likeness (QED) is 0.434. The normalized spacial score (nSPS) is 11.8. The van der Waals surface area contributed by atoms with E-state index in [1.54, 1.807) is 7.05 Å². The molecule has 0 atom stereocenters. The van der Waals surface area contributed by atoms with Gasteiger partial charge in [-0.1, -0.05) is 18.2 Å². The number of guanidine groups is 1. The summed E-state index contributed by atoms with van der Waals surface area (Å²) in [5.41, 5.74) is 2.54. The third kappa shape index (κ3) is 3.93. The molecular formula is C15H22N4S. The van der Waals surface area contributed by atoms with Gasteiger partial charge in [-0.2, -0.15) is 11.8 Å². The van der Waals surface area contributed by atoms with Crippen molar-refractivity contribution < 1.29 is 0 Å². The fraction of sp³-hybridized carbons (Fsp3) is 0.400. The third-order valence-corrected chi connectivity index (χ3v) is 3.80. The van der Waals surface area contributed by atoms with Crippen LogP contribution in [0.3, 0.4) is 0 Å². The van der Waals surface area contributed by atoms with Crippen molar-refractivity contribution in [1.82, 2.24) is 15.6 Å². The van der Waals surface area contributed by atoms with Crippen molar-refractivity contribution in [1.29, 1.82) is 0 Å². The molecule has 0 fully saturated rings. The van der Waals surface area contributed by atoms with Crippen molar-refractivity contribution in [2.45, 2.75) is 6.42 Å². The molecule has 0 saturated carbocycles. The van der Waals surface area contributed by atoms with E-state index >= 15 is 0 Å². The van der Waals surface area contributed by atoms with Crippen LogP contribution in [0.4, 0.5) is 0 Å². The van der Waals surface area contributed by atoms with Crippen LogP contribution in [0.25, 0.3) is 10.9 Å². The number of benzene rings is 1. The van der Waals surface area contributed by atoms with Crippen molar-refractivity contribution in [2.24, 2.45) is 4.99 Å². The topological polar surface area (TPSA) is 52.2 Å². The van der Waals surface area contributed by atoms with Crippen molar-refractivity contribution in [3.8, 4) is 0 Å². The smallest absolute Gasteiger partial charge is 0.191 e. The lowest BCUT2D eigenvalue weighted by Gasteiger charge is -2.11. The van der Waals surface area contributed by atoms with Gasteiger partial charge in [-0.15, -0.1) is 0 Å². The van der Waals surface area contributed by atoms with Gasteiger partial charge in [0.05, 0.1) is 0 Å². The molecule has 2 rings (SSSR count). The Morgan fingerprint density at radius 1 is 1.25 bits per heavy atom. The van der Waals surface area contributed by atoms with Crippen LogP contribution in [0.5, 0.6) is 0 Å². The zero-order valence-electron chi connectivity index (χ0n) is 12.1. The highest BCUT2D eigenvalue weighted by Gasteiger charge is 2.03. The first-order valence-electron chi connectivity index (χ1n) is 6.83. The highest BCUT2D eigenvalue weighted by atomic mass is 32.2. The van der Waals surface area contributed by atoms with Crippen LogP contribution in [0, 0.1) is 0 Å². The van der Waals surface area contributed by atoms with Crippen molar-refractivity contribution >= 4 is 28.6 Å².